The highest BCUT2D eigenvalue weighted by molar-refractivity contribution is 7.26. The number of rotatable bonds is 5. The van der Waals surface area contributed by atoms with Gasteiger partial charge in [-0.3, -0.25) is 0 Å². The molecule has 11 aromatic rings. The van der Waals surface area contributed by atoms with Crippen LogP contribution < -0.4 is 9.64 Å². The van der Waals surface area contributed by atoms with Gasteiger partial charge in [-0.15, -0.1) is 11.3 Å². The molecule has 3 nitrogen and oxygen atoms in total. The number of fused-ring (bicyclic) bond motifs is 8. The van der Waals surface area contributed by atoms with E-state index >= 15 is 0 Å². The lowest BCUT2D eigenvalue weighted by atomic mass is 9.90. The Morgan fingerprint density at radius 3 is 2.00 bits per heavy atom. The number of hydrogen-bond acceptors (Lipinski definition) is 4. The second-order valence-corrected chi connectivity index (χ2v) is 15.5. The molecule has 262 valence electrons. The number of hydrogen-bond donors (Lipinski definition) is 0. The summed E-state index contributed by atoms with van der Waals surface area (Å²) in [5.41, 5.74) is 12.0. The van der Waals surface area contributed by atoms with Crippen LogP contribution in [0.15, 0.2) is 192 Å². The Balaban J connectivity index is 1.07. The molecular formula is C52H31NO2S. The summed E-state index contributed by atoms with van der Waals surface area (Å²) in [6.45, 7) is 0. The molecule has 0 fully saturated rings. The molecule has 0 saturated heterocycles. The Morgan fingerprint density at radius 2 is 1.11 bits per heavy atom. The topological polar surface area (TPSA) is 25.6 Å². The van der Waals surface area contributed by atoms with E-state index in [1.807, 2.05) is 23.5 Å². The molecule has 0 bridgehead atoms. The highest BCUT2D eigenvalue weighted by Crippen LogP contribution is 2.52. The summed E-state index contributed by atoms with van der Waals surface area (Å²) in [5, 5.41) is 6.99. The van der Waals surface area contributed by atoms with Crippen molar-refractivity contribution in [3.05, 3.63) is 188 Å². The average Bonchev–Trinajstić information content (AvgIpc) is 3.83. The Labute approximate surface area is 326 Å². The van der Waals surface area contributed by atoms with Crippen LogP contribution in [0.1, 0.15) is 0 Å². The van der Waals surface area contributed by atoms with Gasteiger partial charge in [0.1, 0.15) is 22.7 Å². The van der Waals surface area contributed by atoms with Gasteiger partial charge in [0, 0.05) is 59.3 Å². The third-order valence-corrected chi connectivity index (χ3v) is 12.4. The van der Waals surface area contributed by atoms with Crippen molar-refractivity contribution in [1.29, 1.82) is 0 Å². The molecule has 0 atom stereocenters. The van der Waals surface area contributed by atoms with Crippen LogP contribution in [0.3, 0.4) is 0 Å². The van der Waals surface area contributed by atoms with Gasteiger partial charge in [-0.2, -0.15) is 0 Å². The maximum absolute atomic E-state index is 6.88. The van der Waals surface area contributed by atoms with Crippen LogP contribution in [0.5, 0.6) is 11.5 Å². The number of ether oxygens (including phenoxy) is 1. The number of anilines is 3. The zero-order valence-corrected chi connectivity index (χ0v) is 30.9. The minimum atomic E-state index is 0.838. The summed E-state index contributed by atoms with van der Waals surface area (Å²) in [4.78, 5) is 2.39. The van der Waals surface area contributed by atoms with E-state index in [-0.39, 0.29) is 0 Å². The van der Waals surface area contributed by atoms with Crippen molar-refractivity contribution in [2.45, 2.75) is 0 Å². The standard InChI is InChI=1S/C52H31NO2S/c1-3-11-32(12-4-1)34-21-24-42-50(29-34)56-49-20-10-18-44(52(42)49)53(35-23-27-46-43(30-35)38-15-7-8-19-45(38)54-46)36-22-25-39-41-17-9-16-40-37(33-13-5-2-6-14-33)26-28-47(51(40)41)55-48(39)31-36/h1-31H. The molecule has 56 heavy (non-hydrogen) atoms. The minimum Gasteiger partial charge on any atom is -0.456 e. The van der Waals surface area contributed by atoms with Gasteiger partial charge in [0.2, 0.25) is 0 Å². The van der Waals surface area contributed by atoms with Crippen LogP contribution in [0.25, 0.3) is 86.3 Å². The Hall–Kier alpha value is -7.14. The molecule has 2 aromatic heterocycles. The van der Waals surface area contributed by atoms with Crippen LogP contribution in [0.4, 0.5) is 17.1 Å². The Kier molecular flexibility index (Phi) is 6.80. The van der Waals surface area contributed by atoms with Crippen molar-refractivity contribution in [3.8, 4) is 44.9 Å². The first-order valence-electron chi connectivity index (χ1n) is 18.9. The zero-order valence-electron chi connectivity index (χ0n) is 30.1. The normalized spacial score (nSPS) is 12.1. The number of para-hydroxylation sites is 1. The second kappa shape index (κ2) is 12.2. The predicted molar refractivity (Wildman–Crippen MR) is 235 cm³/mol. The fraction of sp³-hybridized carbons (Fsp3) is 0. The van der Waals surface area contributed by atoms with Gasteiger partial charge in [-0.1, -0.05) is 121 Å². The van der Waals surface area contributed by atoms with Gasteiger partial charge in [0.15, 0.2) is 0 Å². The van der Waals surface area contributed by atoms with E-state index in [9.17, 15) is 0 Å². The largest absolute Gasteiger partial charge is 0.456 e. The van der Waals surface area contributed by atoms with Crippen LogP contribution in [-0.4, -0.2) is 0 Å². The fourth-order valence-corrected chi connectivity index (χ4v) is 9.88. The van der Waals surface area contributed by atoms with Crippen LogP contribution in [-0.2, 0) is 0 Å². The van der Waals surface area contributed by atoms with Gasteiger partial charge in [0.05, 0.1) is 5.69 Å². The van der Waals surface area contributed by atoms with Gasteiger partial charge in [-0.05, 0) is 93.9 Å². The van der Waals surface area contributed by atoms with E-state index in [2.05, 4.69) is 181 Å². The third-order valence-electron chi connectivity index (χ3n) is 11.3. The molecule has 0 radical (unpaired) electrons. The molecule has 12 rings (SSSR count). The van der Waals surface area contributed by atoms with Crippen LogP contribution in [0.2, 0.25) is 0 Å². The molecule has 1 aliphatic heterocycles. The van der Waals surface area contributed by atoms with E-state index in [1.54, 1.807) is 0 Å². The van der Waals surface area contributed by atoms with Crippen molar-refractivity contribution in [2.75, 3.05) is 4.90 Å². The predicted octanol–water partition coefficient (Wildman–Crippen LogP) is 15.7. The lowest BCUT2D eigenvalue weighted by Crippen LogP contribution is -2.11. The smallest absolute Gasteiger partial charge is 0.137 e. The number of nitrogens with zero attached hydrogens (tertiary/aromatic N) is 1. The molecule has 3 heterocycles. The summed E-state index contributed by atoms with van der Waals surface area (Å²) >= 11 is 1.84. The number of furan rings is 1. The molecule has 0 saturated carbocycles. The summed E-state index contributed by atoms with van der Waals surface area (Å²) in [5.74, 6) is 1.71. The lowest BCUT2D eigenvalue weighted by Gasteiger charge is -2.29. The van der Waals surface area contributed by atoms with Crippen LogP contribution in [0, 0.1) is 0 Å². The first kappa shape index (κ1) is 31.2. The van der Waals surface area contributed by atoms with Gasteiger partial charge >= 0.3 is 0 Å². The molecule has 0 N–H and O–H groups in total. The maximum Gasteiger partial charge on any atom is 0.137 e. The van der Waals surface area contributed by atoms with Gasteiger partial charge in [0.25, 0.3) is 0 Å². The second-order valence-electron chi connectivity index (χ2n) is 14.4. The molecule has 0 unspecified atom stereocenters. The van der Waals surface area contributed by atoms with E-state index in [1.165, 1.54) is 53.4 Å². The van der Waals surface area contributed by atoms with Crippen molar-refractivity contribution in [2.24, 2.45) is 0 Å². The number of thiophene rings is 1. The van der Waals surface area contributed by atoms with E-state index in [0.29, 0.717) is 0 Å². The van der Waals surface area contributed by atoms with Crippen LogP contribution >= 0.6 is 11.3 Å². The average molecular weight is 734 g/mol. The molecule has 0 spiro atoms. The van der Waals surface area contributed by atoms with Gasteiger partial charge in [-0.25, -0.2) is 0 Å². The van der Waals surface area contributed by atoms with Gasteiger partial charge < -0.3 is 14.1 Å². The van der Waals surface area contributed by atoms with E-state index in [0.717, 1.165) is 61.4 Å². The monoisotopic (exact) mass is 733 g/mol. The van der Waals surface area contributed by atoms with Crippen molar-refractivity contribution in [1.82, 2.24) is 0 Å². The lowest BCUT2D eigenvalue weighted by molar-refractivity contribution is 0.487. The molecule has 4 heteroatoms. The summed E-state index contributed by atoms with van der Waals surface area (Å²) in [7, 11) is 0. The van der Waals surface area contributed by atoms with E-state index in [4.69, 9.17) is 9.15 Å². The minimum absolute atomic E-state index is 0.838. The summed E-state index contributed by atoms with van der Waals surface area (Å²) in [6.07, 6.45) is 0. The van der Waals surface area contributed by atoms with Crippen molar-refractivity contribution in [3.63, 3.8) is 0 Å². The fourth-order valence-electron chi connectivity index (χ4n) is 8.71. The summed E-state index contributed by atoms with van der Waals surface area (Å²) in [6, 6.07) is 67.2. The molecule has 0 aliphatic carbocycles. The maximum atomic E-state index is 6.88. The highest BCUT2D eigenvalue weighted by Gasteiger charge is 2.25. The SMILES string of the molecule is c1ccc(-c2ccc3c(c2)sc2cccc(N(c4ccc5c(c4)Oc4ccc(-c6ccccc6)c6cccc-5c46)c4ccc5oc6ccccc6c5c4)c23)cc1. The first-order valence-corrected chi connectivity index (χ1v) is 19.7. The Bertz CT molecular complexity index is 3340. The Morgan fingerprint density at radius 1 is 0.375 bits per heavy atom. The molecule has 0 amide bonds. The zero-order chi connectivity index (χ0) is 36.7. The van der Waals surface area contributed by atoms with E-state index < -0.39 is 0 Å². The summed E-state index contributed by atoms with van der Waals surface area (Å²) < 4.78 is 15.7. The first-order chi connectivity index (χ1) is 27.7. The quantitative estimate of drug-likeness (QED) is 0.176. The third kappa shape index (κ3) is 4.76. The molecule has 9 aromatic carbocycles. The number of benzene rings is 9. The molecular weight excluding hydrogens is 703 g/mol. The highest BCUT2D eigenvalue weighted by atomic mass is 32.1. The molecule has 1 aliphatic rings. The van der Waals surface area contributed by atoms with Crippen molar-refractivity contribution >= 4 is 81.3 Å². The van der Waals surface area contributed by atoms with Crippen molar-refractivity contribution < 1.29 is 9.15 Å².